The third kappa shape index (κ3) is 2.58. The van der Waals surface area contributed by atoms with Crippen molar-refractivity contribution in [3.05, 3.63) is 115 Å². The van der Waals surface area contributed by atoms with Crippen molar-refractivity contribution >= 4 is 50.2 Å². The van der Waals surface area contributed by atoms with Gasteiger partial charge in [-0.1, -0.05) is 60.7 Å². The Morgan fingerprint density at radius 1 is 0.513 bits per heavy atom. The molecule has 0 radical (unpaired) electrons. The van der Waals surface area contributed by atoms with Crippen molar-refractivity contribution in [1.82, 2.24) is 23.2 Å². The largest absolute Gasteiger partial charge is 0.276 e. The number of hydrogen-bond donors (Lipinski definition) is 0. The van der Waals surface area contributed by atoms with Gasteiger partial charge in [0, 0.05) is 0 Å². The molecule has 4 heterocycles. The average Bonchev–Trinajstić information content (AvgIpc) is 3.72. The molecular weight excluding hydrogens is 480 g/mol. The molecule has 0 unspecified atom stereocenters. The van der Waals surface area contributed by atoms with Crippen molar-refractivity contribution in [2.24, 2.45) is 0 Å². The van der Waals surface area contributed by atoms with Crippen LogP contribution in [0.1, 0.15) is 5.56 Å². The third-order valence-corrected chi connectivity index (χ3v) is 7.81. The highest BCUT2D eigenvalue weighted by Crippen LogP contribution is 2.40. The molecule has 5 aromatic carbocycles. The molecule has 39 heavy (non-hydrogen) atoms. The minimum absolute atomic E-state index is 0.630. The monoisotopic (exact) mass is 498 g/mol. The number of para-hydroxylation sites is 4. The number of benzene rings is 5. The van der Waals surface area contributed by atoms with Crippen LogP contribution in [0.3, 0.4) is 0 Å². The molecule has 9 aromatic rings. The zero-order valence-corrected chi connectivity index (χ0v) is 20.6. The summed E-state index contributed by atoms with van der Waals surface area (Å²) in [6.45, 7) is 0. The molecule has 9 rings (SSSR count). The summed E-state index contributed by atoms with van der Waals surface area (Å²) in [5.41, 5.74) is 12.1. The summed E-state index contributed by atoms with van der Waals surface area (Å²) in [6, 6.07) is 39.6. The Kier molecular flexibility index (Phi) is 3.77. The SMILES string of the molecule is N#Cc1ccc(-c2ccccc2)c(-c2cc3c4c(c2)n2c5ccccc5nc2n4c2nc4ccccc4n32)c1. The minimum Gasteiger partial charge on any atom is -0.276 e. The first-order valence-electron chi connectivity index (χ1n) is 12.8. The highest BCUT2D eigenvalue weighted by molar-refractivity contribution is 6.06. The van der Waals surface area contributed by atoms with Crippen molar-refractivity contribution in [3.8, 4) is 28.3 Å². The van der Waals surface area contributed by atoms with Gasteiger partial charge in [-0.15, -0.1) is 0 Å². The smallest absolute Gasteiger partial charge is 0.223 e. The molecule has 6 heteroatoms. The van der Waals surface area contributed by atoms with Crippen molar-refractivity contribution < 1.29 is 0 Å². The maximum absolute atomic E-state index is 9.79. The average molecular weight is 499 g/mol. The summed E-state index contributed by atoms with van der Waals surface area (Å²) >= 11 is 0. The minimum atomic E-state index is 0.630. The van der Waals surface area contributed by atoms with Gasteiger partial charge in [-0.3, -0.25) is 8.80 Å². The second kappa shape index (κ2) is 7.21. The van der Waals surface area contributed by atoms with Gasteiger partial charge < -0.3 is 0 Å². The normalized spacial score (nSPS) is 12.1. The predicted octanol–water partition coefficient (Wildman–Crippen LogP) is 7.34. The molecule has 0 N–H and O–H groups in total. The van der Waals surface area contributed by atoms with Crippen molar-refractivity contribution in [3.63, 3.8) is 0 Å². The molecule has 0 amide bonds. The quantitative estimate of drug-likeness (QED) is 0.251. The summed E-state index contributed by atoms with van der Waals surface area (Å²) in [7, 11) is 0. The number of hydrogen-bond acceptors (Lipinski definition) is 3. The molecule has 6 nitrogen and oxygen atoms in total. The van der Waals surface area contributed by atoms with Crippen LogP contribution < -0.4 is 0 Å². The lowest BCUT2D eigenvalue weighted by Gasteiger charge is -2.12. The topological polar surface area (TPSA) is 62.8 Å². The van der Waals surface area contributed by atoms with Gasteiger partial charge in [0.05, 0.1) is 44.7 Å². The van der Waals surface area contributed by atoms with Crippen molar-refractivity contribution in [2.75, 3.05) is 0 Å². The number of nitrogens with zero attached hydrogens (tertiary/aromatic N) is 6. The maximum Gasteiger partial charge on any atom is 0.223 e. The van der Waals surface area contributed by atoms with Crippen LogP contribution in [0.2, 0.25) is 0 Å². The van der Waals surface area contributed by atoms with E-state index in [0.717, 1.165) is 72.4 Å². The van der Waals surface area contributed by atoms with Gasteiger partial charge in [-0.25, -0.2) is 14.4 Å². The van der Waals surface area contributed by atoms with Crippen LogP contribution in [0, 0.1) is 11.3 Å². The number of fused-ring (bicyclic) bond motifs is 10. The van der Waals surface area contributed by atoms with Crippen LogP contribution >= 0.6 is 0 Å². The summed E-state index contributed by atoms with van der Waals surface area (Å²) in [5, 5.41) is 9.79. The molecule has 0 fully saturated rings. The lowest BCUT2D eigenvalue weighted by atomic mass is 9.92. The summed E-state index contributed by atoms with van der Waals surface area (Å²) in [5.74, 6) is 1.68. The molecule has 0 spiro atoms. The molecule has 0 saturated carbocycles. The molecule has 0 aliphatic rings. The van der Waals surface area contributed by atoms with E-state index in [0.29, 0.717) is 5.56 Å². The van der Waals surface area contributed by atoms with Gasteiger partial charge in [0.15, 0.2) is 0 Å². The number of rotatable bonds is 2. The Hall–Kier alpha value is -5.67. The molecule has 0 saturated heterocycles. The van der Waals surface area contributed by atoms with Gasteiger partial charge in [-0.05, 0) is 70.8 Å². The lowest BCUT2D eigenvalue weighted by molar-refractivity contribution is 1.15. The maximum atomic E-state index is 9.79. The first-order chi connectivity index (χ1) is 19.3. The second-order valence-electron chi connectivity index (χ2n) is 9.91. The van der Waals surface area contributed by atoms with E-state index in [2.05, 4.69) is 73.9 Å². The molecule has 0 aliphatic carbocycles. The first-order valence-corrected chi connectivity index (χ1v) is 12.8. The van der Waals surface area contributed by atoms with E-state index < -0.39 is 0 Å². The highest BCUT2D eigenvalue weighted by Gasteiger charge is 2.25. The van der Waals surface area contributed by atoms with Crippen LogP contribution in [0.5, 0.6) is 0 Å². The van der Waals surface area contributed by atoms with Crippen LogP contribution in [0.4, 0.5) is 0 Å². The zero-order chi connectivity index (χ0) is 25.7. The van der Waals surface area contributed by atoms with Crippen LogP contribution in [-0.4, -0.2) is 23.2 Å². The first kappa shape index (κ1) is 20.4. The Balaban J connectivity index is 1.51. The predicted molar refractivity (Wildman–Crippen MR) is 154 cm³/mol. The van der Waals surface area contributed by atoms with Crippen molar-refractivity contribution in [1.29, 1.82) is 5.26 Å². The Bertz CT molecular complexity index is 2330. The van der Waals surface area contributed by atoms with Crippen LogP contribution in [0.25, 0.3) is 72.4 Å². The fourth-order valence-corrected chi connectivity index (χ4v) is 6.14. The van der Waals surface area contributed by atoms with E-state index in [9.17, 15) is 5.26 Å². The number of aromatic nitrogens is 5. The van der Waals surface area contributed by atoms with Crippen LogP contribution in [0.15, 0.2) is 109 Å². The lowest BCUT2D eigenvalue weighted by Crippen LogP contribution is -1.91. The van der Waals surface area contributed by atoms with Gasteiger partial charge in [0.25, 0.3) is 0 Å². The Morgan fingerprint density at radius 2 is 1.10 bits per heavy atom. The Morgan fingerprint density at radius 3 is 1.72 bits per heavy atom. The van der Waals surface area contributed by atoms with E-state index >= 15 is 0 Å². The molecule has 0 bridgehead atoms. The zero-order valence-electron chi connectivity index (χ0n) is 20.6. The van der Waals surface area contributed by atoms with Gasteiger partial charge in [0.1, 0.15) is 5.52 Å². The van der Waals surface area contributed by atoms with E-state index in [1.165, 1.54) is 0 Å². The molecule has 0 atom stereocenters. The van der Waals surface area contributed by atoms with Crippen molar-refractivity contribution in [2.45, 2.75) is 0 Å². The molecule has 0 aliphatic heterocycles. The fourth-order valence-electron chi connectivity index (χ4n) is 6.14. The van der Waals surface area contributed by atoms with Gasteiger partial charge in [-0.2, -0.15) is 5.26 Å². The van der Waals surface area contributed by atoms with E-state index in [-0.39, 0.29) is 0 Å². The van der Waals surface area contributed by atoms with E-state index in [1.54, 1.807) is 0 Å². The third-order valence-electron chi connectivity index (χ3n) is 7.81. The van der Waals surface area contributed by atoms with E-state index in [1.807, 2.05) is 54.6 Å². The highest BCUT2D eigenvalue weighted by atomic mass is 15.3. The molecular formula is C33H18N6. The number of nitriles is 1. The summed E-state index contributed by atoms with van der Waals surface area (Å²) in [6.07, 6.45) is 0. The number of imidazole rings is 4. The van der Waals surface area contributed by atoms with Crippen LogP contribution in [-0.2, 0) is 0 Å². The molecule has 4 aromatic heterocycles. The summed E-state index contributed by atoms with van der Waals surface area (Å²) in [4.78, 5) is 10.1. The molecule has 180 valence electrons. The van der Waals surface area contributed by atoms with Gasteiger partial charge in [0.2, 0.25) is 11.6 Å². The standard InChI is InChI=1S/C33H18N6/c34-19-20-14-15-23(21-8-2-1-3-9-21)24(16-20)22-17-29-31-30(18-22)38-28-13-7-5-11-26(28)36-33(38)39(31)32-35-25-10-4-6-12-27(25)37(29)32/h1-18H. The van der Waals surface area contributed by atoms with E-state index in [4.69, 9.17) is 9.97 Å². The fraction of sp³-hybridized carbons (Fsp3) is 0. The van der Waals surface area contributed by atoms with Gasteiger partial charge >= 0.3 is 0 Å². The second-order valence-corrected chi connectivity index (χ2v) is 9.91. The summed E-state index contributed by atoms with van der Waals surface area (Å²) < 4.78 is 6.64. The Labute approximate surface area is 221 Å².